The quantitative estimate of drug-likeness (QED) is 0.620. The Hall–Kier alpha value is -0.980. The van der Waals surface area contributed by atoms with Crippen LogP contribution in [-0.2, 0) is 22.5 Å². The molecule has 86 valence electrons. The summed E-state index contributed by atoms with van der Waals surface area (Å²) in [6.07, 6.45) is 0.661. The highest BCUT2D eigenvalue weighted by molar-refractivity contribution is 4.84. The van der Waals surface area contributed by atoms with Gasteiger partial charge in [-0.3, -0.25) is 0 Å². The Bertz CT molecular complexity index is 240. The number of nitrogens with two attached hydrogens (primary N) is 1. The van der Waals surface area contributed by atoms with Crippen molar-refractivity contribution < 1.29 is 14.0 Å². The first-order valence-corrected chi connectivity index (χ1v) is 5.03. The summed E-state index contributed by atoms with van der Waals surface area (Å²) in [5.74, 6) is 1.13. The van der Waals surface area contributed by atoms with Gasteiger partial charge in [-0.05, 0) is 6.92 Å². The third-order valence-corrected chi connectivity index (χ3v) is 1.67. The Morgan fingerprint density at radius 3 is 2.93 bits per heavy atom. The Labute approximate surface area is 88.7 Å². The Balaban J connectivity index is 2.23. The lowest BCUT2D eigenvalue weighted by Crippen LogP contribution is -2.08. The molecule has 6 heteroatoms. The number of hydrogen-bond acceptors (Lipinski definition) is 6. The Kier molecular flexibility index (Phi) is 5.91. The second-order valence-corrected chi connectivity index (χ2v) is 2.89. The van der Waals surface area contributed by atoms with E-state index in [0.29, 0.717) is 51.1 Å². The molecule has 6 nitrogen and oxygen atoms in total. The fourth-order valence-electron chi connectivity index (χ4n) is 1.00. The molecule has 0 aliphatic heterocycles. The summed E-state index contributed by atoms with van der Waals surface area (Å²) in [7, 11) is 0. The van der Waals surface area contributed by atoms with Gasteiger partial charge in [0.05, 0.1) is 13.2 Å². The lowest BCUT2D eigenvalue weighted by molar-refractivity contribution is 0.104. The van der Waals surface area contributed by atoms with E-state index in [9.17, 15) is 0 Å². The number of rotatable bonds is 8. The predicted molar refractivity (Wildman–Crippen MR) is 53.2 cm³/mol. The van der Waals surface area contributed by atoms with E-state index in [1.165, 1.54) is 0 Å². The van der Waals surface area contributed by atoms with Gasteiger partial charge in [-0.25, -0.2) is 0 Å². The van der Waals surface area contributed by atoms with Crippen LogP contribution in [0.15, 0.2) is 4.52 Å². The molecule has 1 rings (SSSR count). The van der Waals surface area contributed by atoms with Gasteiger partial charge in [-0.15, -0.1) is 0 Å². The zero-order valence-electron chi connectivity index (χ0n) is 8.94. The van der Waals surface area contributed by atoms with Crippen molar-refractivity contribution in [3.8, 4) is 0 Å². The molecule has 0 unspecified atom stereocenters. The van der Waals surface area contributed by atoms with Crippen LogP contribution < -0.4 is 5.73 Å². The molecule has 0 radical (unpaired) electrons. The second kappa shape index (κ2) is 7.33. The fourth-order valence-corrected chi connectivity index (χ4v) is 1.00. The van der Waals surface area contributed by atoms with Crippen molar-refractivity contribution in [1.29, 1.82) is 0 Å². The predicted octanol–water partition coefficient (Wildman–Crippen LogP) is 0.124. The average Bonchev–Trinajstić information content (AvgIpc) is 2.67. The molecule has 0 bridgehead atoms. The SMILES string of the molecule is CCOCCc1noc(COCCN)n1. The Morgan fingerprint density at radius 2 is 2.20 bits per heavy atom. The molecular weight excluding hydrogens is 198 g/mol. The molecule has 0 spiro atoms. The summed E-state index contributed by atoms with van der Waals surface area (Å²) in [6, 6.07) is 0. The molecule has 1 aromatic heterocycles. The summed E-state index contributed by atoms with van der Waals surface area (Å²) < 4.78 is 15.3. The molecule has 0 fully saturated rings. The molecule has 0 saturated carbocycles. The molecule has 1 aromatic rings. The van der Waals surface area contributed by atoms with Gasteiger partial charge in [-0.1, -0.05) is 5.16 Å². The van der Waals surface area contributed by atoms with E-state index in [-0.39, 0.29) is 0 Å². The topological polar surface area (TPSA) is 83.4 Å². The van der Waals surface area contributed by atoms with Crippen LogP contribution >= 0.6 is 0 Å². The van der Waals surface area contributed by atoms with Gasteiger partial charge in [0.25, 0.3) is 5.89 Å². The molecular formula is C9H17N3O3. The molecule has 0 saturated heterocycles. The van der Waals surface area contributed by atoms with Crippen LogP contribution in [0, 0.1) is 0 Å². The minimum atomic E-state index is 0.318. The molecule has 15 heavy (non-hydrogen) atoms. The lowest BCUT2D eigenvalue weighted by atomic mass is 10.4. The largest absolute Gasteiger partial charge is 0.381 e. The molecule has 0 atom stereocenters. The normalized spacial score (nSPS) is 10.8. The van der Waals surface area contributed by atoms with Crippen molar-refractivity contribution in [2.75, 3.05) is 26.4 Å². The zero-order valence-corrected chi connectivity index (χ0v) is 8.94. The third-order valence-electron chi connectivity index (χ3n) is 1.67. The van der Waals surface area contributed by atoms with Crippen molar-refractivity contribution in [3.05, 3.63) is 11.7 Å². The van der Waals surface area contributed by atoms with Crippen molar-refractivity contribution in [2.45, 2.75) is 20.0 Å². The first-order chi connectivity index (χ1) is 7.36. The first kappa shape index (κ1) is 12.1. The molecule has 0 aliphatic rings. The maximum Gasteiger partial charge on any atom is 0.252 e. The van der Waals surface area contributed by atoms with Crippen molar-refractivity contribution in [2.24, 2.45) is 5.73 Å². The summed E-state index contributed by atoms with van der Waals surface area (Å²) >= 11 is 0. The fraction of sp³-hybridized carbons (Fsp3) is 0.778. The third kappa shape index (κ3) is 4.87. The van der Waals surface area contributed by atoms with Crippen LogP contribution in [0.4, 0.5) is 0 Å². The van der Waals surface area contributed by atoms with Crippen LogP contribution in [-0.4, -0.2) is 36.5 Å². The Morgan fingerprint density at radius 1 is 1.33 bits per heavy atom. The van der Waals surface area contributed by atoms with Gasteiger partial charge >= 0.3 is 0 Å². The average molecular weight is 215 g/mol. The van der Waals surface area contributed by atoms with E-state index < -0.39 is 0 Å². The summed E-state index contributed by atoms with van der Waals surface area (Å²) in [4.78, 5) is 4.13. The number of aromatic nitrogens is 2. The van der Waals surface area contributed by atoms with E-state index >= 15 is 0 Å². The molecule has 0 aromatic carbocycles. The van der Waals surface area contributed by atoms with Crippen LogP contribution in [0.2, 0.25) is 0 Å². The van der Waals surface area contributed by atoms with E-state index in [0.717, 1.165) is 0 Å². The molecule has 0 amide bonds. The highest BCUT2D eigenvalue weighted by atomic mass is 16.5. The lowest BCUT2D eigenvalue weighted by Gasteiger charge is -1.96. The highest BCUT2D eigenvalue weighted by Crippen LogP contribution is 2.00. The van der Waals surface area contributed by atoms with Gasteiger partial charge in [-0.2, -0.15) is 4.98 Å². The first-order valence-electron chi connectivity index (χ1n) is 5.03. The minimum absolute atomic E-state index is 0.318. The van der Waals surface area contributed by atoms with Crippen molar-refractivity contribution in [3.63, 3.8) is 0 Å². The van der Waals surface area contributed by atoms with E-state index in [2.05, 4.69) is 10.1 Å². The summed E-state index contributed by atoms with van der Waals surface area (Å²) in [6.45, 7) is 4.56. The van der Waals surface area contributed by atoms with Crippen LogP contribution in [0.25, 0.3) is 0 Å². The van der Waals surface area contributed by atoms with Crippen LogP contribution in [0.1, 0.15) is 18.6 Å². The van der Waals surface area contributed by atoms with Crippen molar-refractivity contribution in [1.82, 2.24) is 10.1 Å². The molecule has 0 aliphatic carbocycles. The molecule has 2 N–H and O–H groups in total. The van der Waals surface area contributed by atoms with E-state index in [1.54, 1.807) is 0 Å². The van der Waals surface area contributed by atoms with Gasteiger partial charge in [0, 0.05) is 19.6 Å². The van der Waals surface area contributed by atoms with E-state index in [4.69, 9.17) is 19.7 Å². The summed E-state index contributed by atoms with van der Waals surface area (Å²) in [5, 5.41) is 3.79. The van der Waals surface area contributed by atoms with Crippen molar-refractivity contribution >= 4 is 0 Å². The standard InChI is InChI=1S/C9H17N3O3/c1-2-13-5-3-8-11-9(15-12-8)7-14-6-4-10/h2-7,10H2,1H3. The van der Waals surface area contributed by atoms with Gasteiger partial charge < -0.3 is 19.7 Å². The minimum Gasteiger partial charge on any atom is -0.381 e. The van der Waals surface area contributed by atoms with E-state index in [1.807, 2.05) is 6.92 Å². The highest BCUT2D eigenvalue weighted by Gasteiger charge is 2.05. The number of nitrogens with zero attached hydrogens (tertiary/aromatic N) is 2. The smallest absolute Gasteiger partial charge is 0.252 e. The van der Waals surface area contributed by atoms with Gasteiger partial charge in [0.15, 0.2) is 5.82 Å². The van der Waals surface area contributed by atoms with Crippen LogP contribution in [0.5, 0.6) is 0 Å². The molecule has 1 heterocycles. The summed E-state index contributed by atoms with van der Waals surface area (Å²) in [5.41, 5.74) is 5.27. The van der Waals surface area contributed by atoms with Gasteiger partial charge in [0.2, 0.25) is 0 Å². The maximum absolute atomic E-state index is 5.27. The number of ether oxygens (including phenoxy) is 2. The number of hydrogen-bond donors (Lipinski definition) is 1. The monoisotopic (exact) mass is 215 g/mol. The maximum atomic E-state index is 5.27. The zero-order chi connectivity index (χ0) is 10.9. The van der Waals surface area contributed by atoms with Gasteiger partial charge in [0.1, 0.15) is 6.61 Å². The van der Waals surface area contributed by atoms with Crippen LogP contribution in [0.3, 0.4) is 0 Å². The second-order valence-electron chi connectivity index (χ2n) is 2.89.